The SMILES string of the molecule is CC.CCn1nccc1-c1ccc(C(CO)NC(=O)C2CC(O)CN2C(=O)C(C)C(C)C)c2c1CNC2. The largest absolute Gasteiger partial charge is 0.394 e. The molecule has 37 heavy (non-hydrogen) atoms. The number of aryl methyl sites for hydroxylation is 1. The molecule has 3 heterocycles. The van der Waals surface area contributed by atoms with Gasteiger partial charge < -0.3 is 25.7 Å². The van der Waals surface area contributed by atoms with E-state index >= 15 is 0 Å². The average molecular weight is 514 g/mol. The highest BCUT2D eigenvalue weighted by atomic mass is 16.3. The molecule has 0 saturated carbocycles. The lowest BCUT2D eigenvalue weighted by atomic mass is 9.92. The second-order valence-corrected chi connectivity index (χ2v) is 9.97. The second kappa shape index (κ2) is 12.7. The maximum atomic E-state index is 13.3. The van der Waals surface area contributed by atoms with Gasteiger partial charge in [-0.05, 0) is 35.6 Å². The minimum Gasteiger partial charge on any atom is -0.394 e. The van der Waals surface area contributed by atoms with Crippen molar-refractivity contribution in [2.75, 3.05) is 13.2 Å². The van der Waals surface area contributed by atoms with Crippen molar-refractivity contribution < 1.29 is 19.8 Å². The smallest absolute Gasteiger partial charge is 0.243 e. The summed E-state index contributed by atoms with van der Waals surface area (Å²) in [7, 11) is 0. The number of amides is 2. The van der Waals surface area contributed by atoms with Gasteiger partial charge in [-0.1, -0.05) is 46.8 Å². The second-order valence-electron chi connectivity index (χ2n) is 9.97. The number of rotatable bonds is 8. The number of likely N-dealkylation sites (tertiary alicyclic amines) is 1. The van der Waals surface area contributed by atoms with Gasteiger partial charge in [-0.15, -0.1) is 0 Å². The lowest BCUT2D eigenvalue weighted by Gasteiger charge is -2.29. The van der Waals surface area contributed by atoms with Crippen LogP contribution in [-0.2, 0) is 29.2 Å². The predicted molar refractivity (Wildman–Crippen MR) is 143 cm³/mol. The molecule has 1 aromatic carbocycles. The third-order valence-corrected chi connectivity index (χ3v) is 7.49. The zero-order valence-corrected chi connectivity index (χ0v) is 23.0. The van der Waals surface area contributed by atoms with Crippen molar-refractivity contribution in [2.24, 2.45) is 11.8 Å². The summed E-state index contributed by atoms with van der Waals surface area (Å²) < 4.78 is 1.95. The van der Waals surface area contributed by atoms with E-state index in [0.717, 1.165) is 34.5 Å². The van der Waals surface area contributed by atoms with Crippen LogP contribution in [0.5, 0.6) is 0 Å². The third kappa shape index (κ3) is 5.89. The van der Waals surface area contributed by atoms with E-state index in [0.29, 0.717) is 13.1 Å². The number of nitrogens with zero attached hydrogens (tertiary/aromatic N) is 3. The van der Waals surface area contributed by atoms with Gasteiger partial charge in [0.15, 0.2) is 0 Å². The van der Waals surface area contributed by atoms with E-state index in [1.54, 1.807) is 6.20 Å². The molecule has 9 nitrogen and oxygen atoms in total. The first-order chi connectivity index (χ1) is 17.8. The standard InChI is InChI=1S/C26H37N5O4.C2H6/c1-5-31-23(8-9-28-31)19-7-6-18(20-11-27-12-21(19)20)22(14-32)29-25(34)24-10-17(33)13-30(24)26(35)16(4)15(2)3;1-2/h6-9,15-17,22,24,27,32-33H,5,10-14H2,1-4H3,(H,29,34);1-2H3. The van der Waals surface area contributed by atoms with Gasteiger partial charge in [0.25, 0.3) is 0 Å². The van der Waals surface area contributed by atoms with Gasteiger partial charge in [0.2, 0.25) is 11.8 Å². The summed E-state index contributed by atoms with van der Waals surface area (Å²) >= 11 is 0. The molecule has 2 aromatic rings. The number of carbonyl (C=O) groups is 2. The van der Waals surface area contributed by atoms with Crippen molar-refractivity contribution in [1.29, 1.82) is 0 Å². The summed E-state index contributed by atoms with van der Waals surface area (Å²) in [5.41, 5.74) is 5.20. The molecule has 0 aliphatic carbocycles. The molecule has 2 amide bonds. The lowest BCUT2D eigenvalue weighted by Crippen LogP contribution is -2.49. The Morgan fingerprint density at radius 3 is 2.51 bits per heavy atom. The number of carbonyl (C=O) groups excluding carboxylic acids is 2. The monoisotopic (exact) mass is 513 g/mol. The van der Waals surface area contributed by atoms with Gasteiger partial charge in [-0.3, -0.25) is 14.3 Å². The van der Waals surface area contributed by atoms with Crippen LogP contribution in [0.25, 0.3) is 11.3 Å². The van der Waals surface area contributed by atoms with Gasteiger partial charge in [-0.2, -0.15) is 5.10 Å². The molecule has 0 spiro atoms. The molecule has 1 aromatic heterocycles. The van der Waals surface area contributed by atoms with E-state index in [2.05, 4.69) is 22.7 Å². The summed E-state index contributed by atoms with van der Waals surface area (Å²) in [6.45, 7) is 13.8. The fourth-order valence-electron chi connectivity index (χ4n) is 5.16. The van der Waals surface area contributed by atoms with Crippen molar-refractivity contribution in [3.63, 3.8) is 0 Å². The van der Waals surface area contributed by atoms with Gasteiger partial charge in [0.1, 0.15) is 6.04 Å². The van der Waals surface area contributed by atoms with E-state index in [1.807, 2.05) is 57.5 Å². The highest BCUT2D eigenvalue weighted by molar-refractivity contribution is 5.89. The van der Waals surface area contributed by atoms with Crippen LogP contribution in [-0.4, -0.2) is 62.0 Å². The van der Waals surface area contributed by atoms with Crippen LogP contribution in [0.15, 0.2) is 24.4 Å². The van der Waals surface area contributed by atoms with Crippen molar-refractivity contribution in [2.45, 2.75) is 85.8 Å². The topological polar surface area (TPSA) is 120 Å². The van der Waals surface area contributed by atoms with Gasteiger partial charge in [-0.25, -0.2) is 0 Å². The first kappa shape index (κ1) is 28.8. The summed E-state index contributed by atoms with van der Waals surface area (Å²) in [5, 5.41) is 31.2. The molecule has 204 valence electrons. The lowest BCUT2D eigenvalue weighted by molar-refractivity contribution is -0.142. The number of benzene rings is 1. The first-order valence-corrected chi connectivity index (χ1v) is 13.5. The summed E-state index contributed by atoms with van der Waals surface area (Å²) in [4.78, 5) is 27.8. The number of aromatic nitrogens is 2. The van der Waals surface area contributed by atoms with E-state index in [4.69, 9.17) is 0 Å². The Morgan fingerprint density at radius 1 is 1.16 bits per heavy atom. The van der Waals surface area contributed by atoms with Gasteiger partial charge in [0.05, 0.1) is 24.4 Å². The number of nitrogens with one attached hydrogen (secondary N) is 2. The molecule has 2 aliphatic rings. The number of aliphatic hydroxyl groups excluding tert-OH is 2. The molecule has 4 unspecified atom stereocenters. The van der Waals surface area contributed by atoms with Crippen molar-refractivity contribution in [1.82, 2.24) is 25.3 Å². The van der Waals surface area contributed by atoms with Crippen LogP contribution in [0.4, 0.5) is 0 Å². The summed E-state index contributed by atoms with van der Waals surface area (Å²) in [6.07, 6.45) is 1.25. The van der Waals surface area contributed by atoms with E-state index < -0.39 is 18.2 Å². The fraction of sp³-hybridized carbons (Fsp3) is 0.607. The maximum absolute atomic E-state index is 13.3. The minimum absolute atomic E-state index is 0.126. The van der Waals surface area contributed by atoms with Crippen LogP contribution in [0.3, 0.4) is 0 Å². The molecular weight excluding hydrogens is 470 g/mol. The number of hydrogen-bond acceptors (Lipinski definition) is 6. The quantitative estimate of drug-likeness (QED) is 0.431. The van der Waals surface area contributed by atoms with Crippen LogP contribution < -0.4 is 10.6 Å². The fourth-order valence-corrected chi connectivity index (χ4v) is 5.16. The van der Waals surface area contributed by atoms with Crippen LogP contribution >= 0.6 is 0 Å². The highest BCUT2D eigenvalue weighted by Gasteiger charge is 2.41. The zero-order valence-electron chi connectivity index (χ0n) is 23.0. The Bertz CT molecular complexity index is 1080. The highest BCUT2D eigenvalue weighted by Crippen LogP contribution is 2.34. The summed E-state index contributed by atoms with van der Waals surface area (Å²) in [6, 6.07) is 4.62. The number of β-amino-alcohol motifs (C(OH)–C–C–N with tert-alkyl or cyclic N) is 1. The molecule has 0 bridgehead atoms. The molecular formula is C28H43N5O4. The van der Waals surface area contributed by atoms with Gasteiger partial charge >= 0.3 is 0 Å². The van der Waals surface area contributed by atoms with Crippen molar-refractivity contribution in [3.05, 3.63) is 41.1 Å². The van der Waals surface area contributed by atoms with E-state index in [-0.39, 0.29) is 43.2 Å². The van der Waals surface area contributed by atoms with Crippen molar-refractivity contribution in [3.8, 4) is 11.3 Å². The molecule has 4 N–H and O–H groups in total. The first-order valence-electron chi connectivity index (χ1n) is 13.5. The Kier molecular flexibility index (Phi) is 9.87. The Morgan fingerprint density at radius 2 is 1.86 bits per heavy atom. The molecule has 2 aliphatic heterocycles. The van der Waals surface area contributed by atoms with E-state index in [9.17, 15) is 19.8 Å². The number of aliphatic hydroxyl groups is 2. The Labute approximate surface area is 220 Å². The normalized spacial score (nSPS) is 20.3. The molecule has 9 heteroatoms. The number of hydrogen-bond donors (Lipinski definition) is 4. The number of fused-ring (bicyclic) bond motifs is 1. The Balaban J connectivity index is 0.00000186. The molecule has 1 fully saturated rings. The van der Waals surface area contributed by atoms with Gasteiger partial charge in [0, 0.05) is 50.3 Å². The minimum atomic E-state index is -0.753. The average Bonchev–Trinajstić information content (AvgIpc) is 3.66. The zero-order chi connectivity index (χ0) is 27.3. The third-order valence-electron chi connectivity index (χ3n) is 7.49. The molecule has 4 rings (SSSR count). The van der Waals surface area contributed by atoms with Crippen LogP contribution in [0.1, 0.15) is 70.7 Å². The summed E-state index contributed by atoms with van der Waals surface area (Å²) in [5.74, 6) is -0.591. The predicted octanol–water partition coefficient (Wildman–Crippen LogP) is 2.60. The van der Waals surface area contributed by atoms with Crippen molar-refractivity contribution >= 4 is 11.8 Å². The Hall–Kier alpha value is -2.75. The van der Waals surface area contributed by atoms with E-state index in [1.165, 1.54) is 4.90 Å². The van der Waals surface area contributed by atoms with Crippen LogP contribution in [0.2, 0.25) is 0 Å². The molecule has 4 atom stereocenters. The molecule has 0 radical (unpaired) electrons. The van der Waals surface area contributed by atoms with Crippen LogP contribution in [0, 0.1) is 11.8 Å². The maximum Gasteiger partial charge on any atom is 0.243 e. The molecule has 1 saturated heterocycles.